The number of allylic oxidation sites excluding steroid dienone is 1. The second-order valence-corrected chi connectivity index (χ2v) is 5.36. The third-order valence-electron chi connectivity index (χ3n) is 3.97. The van der Waals surface area contributed by atoms with E-state index in [1.165, 1.54) is 0 Å². The summed E-state index contributed by atoms with van der Waals surface area (Å²) in [7, 11) is 0. The van der Waals surface area contributed by atoms with Gasteiger partial charge in [-0.3, -0.25) is 9.36 Å². The van der Waals surface area contributed by atoms with E-state index in [2.05, 4.69) is 21.5 Å². The topological polar surface area (TPSA) is 63.9 Å². The third kappa shape index (κ3) is 2.77. The molecular formula is C16H19N5O. The van der Waals surface area contributed by atoms with E-state index in [9.17, 15) is 4.79 Å². The number of hydrogen-bond donors (Lipinski definition) is 0. The lowest BCUT2D eigenvalue weighted by Gasteiger charge is -2.24. The summed E-state index contributed by atoms with van der Waals surface area (Å²) in [5.74, 6) is 0.475. The van der Waals surface area contributed by atoms with E-state index in [0.29, 0.717) is 11.5 Å². The average Bonchev–Trinajstić information content (AvgIpc) is 3.23. The van der Waals surface area contributed by atoms with Gasteiger partial charge in [-0.15, -0.1) is 6.58 Å². The van der Waals surface area contributed by atoms with E-state index in [1.54, 1.807) is 35.7 Å². The molecule has 1 amide bonds. The first kappa shape index (κ1) is 14.4. The van der Waals surface area contributed by atoms with Crippen LogP contribution >= 0.6 is 0 Å². The first-order valence-corrected chi connectivity index (χ1v) is 7.52. The number of rotatable bonds is 5. The monoisotopic (exact) mass is 297 g/mol. The molecule has 0 N–H and O–H groups in total. The van der Waals surface area contributed by atoms with Crippen LogP contribution in [0.4, 0.5) is 0 Å². The number of aromatic nitrogens is 4. The number of carbonyl (C=O) groups excluding carboxylic acids is 1. The van der Waals surface area contributed by atoms with Crippen LogP contribution in [0.1, 0.15) is 36.2 Å². The van der Waals surface area contributed by atoms with Crippen LogP contribution in [0.3, 0.4) is 0 Å². The number of likely N-dealkylation sites (tertiary alicyclic amines) is 1. The van der Waals surface area contributed by atoms with Crippen molar-refractivity contribution < 1.29 is 4.79 Å². The summed E-state index contributed by atoms with van der Waals surface area (Å²) in [6.45, 7) is 4.54. The standard InChI is InChI=1S/C16H19N5O/c1-2-3-5-13-6-4-10-21(13)16(22)14-15(19-8-7-18-14)20-11-9-17-12-20/h2,7-9,11-13H,1,3-6,10H2. The number of imidazole rings is 1. The highest BCUT2D eigenvalue weighted by Crippen LogP contribution is 2.24. The normalized spacial score (nSPS) is 17.6. The van der Waals surface area contributed by atoms with E-state index in [4.69, 9.17) is 0 Å². The van der Waals surface area contributed by atoms with Crippen LogP contribution < -0.4 is 0 Å². The van der Waals surface area contributed by atoms with Gasteiger partial charge in [0.15, 0.2) is 11.5 Å². The zero-order chi connectivity index (χ0) is 15.4. The fourth-order valence-electron chi connectivity index (χ4n) is 2.90. The molecule has 1 aliphatic heterocycles. The lowest BCUT2D eigenvalue weighted by molar-refractivity contribution is 0.0724. The van der Waals surface area contributed by atoms with E-state index < -0.39 is 0 Å². The molecule has 22 heavy (non-hydrogen) atoms. The van der Waals surface area contributed by atoms with Gasteiger partial charge in [-0.1, -0.05) is 6.08 Å². The van der Waals surface area contributed by atoms with Crippen LogP contribution in [0.5, 0.6) is 0 Å². The Morgan fingerprint density at radius 3 is 3.00 bits per heavy atom. The lowest BCUT2D eigenvalue weighted by Crippen LogP contribution is -2.36. The summed E-state index contributed by atoms with van der Waals surface area (Å²) < 4.78 is 1.72. The van der Waals surface area contributed by atoms with Crippen LogP contribution in [-0.2, 0) is 0 Å². The summed E-state index contributed by atoms with van der Waals surface area (Å²) in [4.78, 5) is 27.4. The molecule has 1 unspecified atom stereocenters. The van der Waals surface area contributed by atoms with Gasteiger partial charge in [-0.2, -0.15) is 0 Å². The SMILES string of the molecule is C=CCCC1CCCN1C(=O)c1nccnc1-n1ccnc1. The van der Waals surface area contributed by atoms with Crippen LogP contribution in [-0.4, -0.2) is 42.9 Å². The molecule has 2 aromatic rings. The highest BCUT2D eigenvalue weighted by molar-refractivity contribution is 5.95. The quantitative estimate of drug-likeness (QED) is 0.794. The summed E-state index contributed by atoms with van der Waals surface area (Å²) in [6, 6.07) is 0.267. The molecule has 1 aliphatic rings. The number of amides is 1. The predicted molar refractivity (Wildman–Crippen MR) is 82.6 cm³/mol. The predicted octanol–water partition coefficient (Wildman–Crippen LogP) is 2.23. The first-order chi connectivity index (χ1) is 10.8. The zero-order valence-corrected chi connectivity index (χ0v) is 12.4. The van der Waals surface area contributed by atoms with E-state index in [0.717, 1.165) is 32.2 Å². The molecule has 3 rings (SSSR count). The largest absolute Gasteiger partial charge is 0.334 e. The van der Waals surface area contributed by atoms with Crippen molar-refractivity contribution in [2.24, 2.45) is 0 Å². The summed E-state index contributed by atoms with van der Waals surface area (Å²) in [6.07, 6.45) is 14.0. The number of hydrogen-bond acceptors (Lipinski definition) is 4. The molecule has 1 fully saturated rings. The van der Waals surface area contributed by atoms with Gasteiger partial charge in [-0.25, -0.2) is 15.0 Å². The van der Waals surface area contributed by atoms with Crippen molar-refractivity contribution >= 4 is 5.91 Å². The molecular weight excluding hydrogens is 278 g/mol. The minimum Gasteiger partial charge on any atom is -0.334 e. The van der Waals surface area contributed by atoms with Gasteiger partial charge in [0.1, 0.15) is 6.33 Å². The average molecular weight is 297 g/mol. The Balaban J connectivity index is 1.88. The fourth-order valence-corrected chi connectivity index (χ4v) is 2.90. The smallest absolute Gasteiger partial charge is 0.276 e. The molecule has 6 heteroatoms. The molecule has 0 aromatic carbocycles. The molecule has 0 saturated carbocycles. The van der Waals surface area contributed by atoms with Crippen LogP contribution in [0.2, 0.25) is 0 Å². The molecule has 0 aliphatic carbocycles. The van der Waals surface area contributed by atoms with Gasteiger partial charge < -0.3 is 4.90 Å². The summed E-state index contributed by atoms with van der Waals surface area (Å²) in [5, 5.41) is 0. The second kappa shape index (κ2) is 6.51. The summed E-state index contributed by atoms with van der Waals surface area (Å²) >= 11 is 0. The molecule has 114 valence electrons. The van der Waals surface area contributed by atoms with E-state index in [1.807, 2.05) is 11.0 Å². The second-order valence-electron chi connectivity index (χ2n) is 5.36. The Bertz CT molecular complexity index is 652. The van der Waals surface area contributed by atoms with Gasteiger partial charge in [0, 0.05) is 37.4 Å². The molecule has 3 heterocycles. The molecule has 0 radical (unpaired) electrons. The van der Waals surface area contributed by atoms with Crippen molar-refractivity contribution in [1.29, 1.82) is 0 Å². The minimum absolute atomic E-state index is 0.0524. The highest BCUT2D eigenvalue weighted by Gasteiger charge is 2.31. The minimum atomic E-state index is -0.0524. The molecule has 6 nitrogen and oxygen atoms in total. The van der Waals surface area contributed by atoms with Crippen molar-refractivity contribution in [3.05, 3.63) is 49.5 Å². The zero-order valence-electron chi connectivity index (χ0n) is 12.4. The Morgan fingerprint density at radius 2 is 2.23 bits per heavy atom. The number of nitrogens with zero attached hydrogens (tertiary/aromatic N) is 5. The Labute approximate surface area is 129 Å². The van der Waals surface area contributed by atoms with Crippen LogP contribution in [0, 0.1) is 0 Å². The molecule has 1 saturated heterocycles. The van der Waals surface area contributed by atoms with Gasteiger partial charge in [0.25, 0.3) is 5.91 Å². The Kier molecular flexibility index (Phi) is 4.27. The Hall–Kier alpha value is -2.50. The fraction of sp³-hybridized carbons (Fsp3) is 0.375. The van der Waals surface area contributed by atoms with Crippen molar-refractivity contribution in [3.63, 3.8) is 0 Å². The van der Waals surface area contributed by atoms with Crippen LogP contribution in [0.25, 0.3) is 5.82 Å². The molecule has 2 aromatic heterocycles. The molecule has 0 spiro atoms. The maximum atomic E-state index is 12.9. The molecule has 1 atom stereocenters. The highest BCUT2D eigenvalue weighted by atomic mass is 16.2. The van der Waals surface area contributed by atoms with Crippen molar-refractivity contribution in [2.45, 2.75) is 31.7 Å². The van der Waals surface area contributed by atoms with Gasteiger partial charge in [0.05, 0.1) is 0 Å². The maximum absolute atomic E-state index is 12.9. The van der Waals surface area contributed by atoms with Crippen LogP contribution in [0.15, 0.2) is 43.8 Å². The van der Waals surface area contributed by atoms with Crippen molar-refractivity contribution in [3.8, 4) is 5.82 Å². The van der Waals surface area contributed by atoms with Crippen molar-refractivity contribution in [2.75, 3.05) is 6.54 Å². The van der Waals surface area contributed by atoms with E-state index >= 15 is 0 Å². The van der Waals surface area contributed by atoms with Gasteiger partial charge in [-0.05, 0) is 25.7 Å². The third-order valence-corrected chi connectivity index (χ3v) is 3.97. The van der Waals surface area contributed by atoms with E-state index in [-0.39, 0.29) is 11.9 Å². The van der Waals surface area contributed by atoms with Gasteiger partial charge in [0.2, 0.25) is 0 Å². The molecule has 0 bridgehead atoms. The van der Waals surface area contributed by atoms with Gasteiger partial charge >= 0.3 is 0 Å². The first-order valence-electron chi connectivity index (χ1n) is 7.52. The summed E-state index contributed by atoms with van der Waals surface area (Å²) in [5.41, 5.74) is 0.381. The Morgan fingerprint density at radius 1 is 1.36 bits per heavy atom. The maximum Gasteiger partial charge on any atom is 0.276 e. The number of carbonyl (C=O) groups is 1. The van der Waals surface area contributed by atoms with Crippen molar-refractivity contribution in [1.82, 2.24) is 24.4 Å². The lowest BCUT2D eigenvalue weighted by atomic mass is 10.1.